The second kappa shape index (κ2) is 8.62. The van der Waals surface area contributed by atoms with Gasteiger partial charge in [0.05, 0.1) is 31.8 Å². The second-order valence-corrected chi connectivity index (χ2v) is 7.14. The van der Waals surface area contributed by atoms with E-state index >= 15 is 0 Å². The number of carboxylic acid groups (broad SMARTS) is 1. The summed E-state index contributed by atoms with van der Waals surface area (Å²) in [5.74, 6) is -1.77. The zero-order valence-corrected chi connectivity index (χ0v) is 14.9. The number of amides is 2. The molecule has 8 heteroatoms. The van der Waals surface area contributed by atoms with Crippen molar-refractivity contribution in [3.63, 3.8) is 0 Å². The number of fused-ring (bicyclic) bond motifs is 3. The molecule has 0 radical (unpaired) electrons. The van der Waals surface area contributed by atoms with Crippen LogP contribution in [0.5, 0.6) is 0 Å². The zero-order chi connectivity index (χ0) is 18.4. The van der Waals surface area contributed by atoms with E-state index in [1.807, 2.05) is 0 Å². The highest BCUT2D eigenvalue weighted by Gasteiger charge is 2.42. The molecule has 1 saturated carbocycles. The van der Waals surface area contributed by atoms with Crippen molar-refractivity contribution in [1.29, 1.82) is 0 Å². The number of carboxylic acids is 1. The smallest absolute Gasteiger partial charge is 0.305 e. The van der Waals surface area contributed by atoms with E-state index < -0.39 is 24.0 Å². The van der Waals surface area contributed by atoms with Crippen LogP contribution in [0.1, 0.15) is 46.0 Å². The van der Waals surface area contributed by atoms with Crippen LogP contribution < -0.4 is 10.6 Å². The first-order valence-corrected chi connectivity index (χ1v) is 8.81. The molecule has 0 aromatic rings. The molecular weight excluding hydrogens is 328 g/mol. The quantitative estimate of drug-likeness (QED) is 0.553. The molecule has 0 aromatic heterocycles. The van der Waals surface area contributed by atoms with Gasteiger partial charge in [0, 0.05) is 18.9 Å². The third kappa shape index (κ3) is 5.67. The lowest BCUT2D eigenvalue weighted by Gasteiger charge is -2.46. The maximum Gasteiger partial charge on any atom is 0.305 e. The van der Waals surface area contributed by atoms with Gasteiger partial charge in [-0.15, -0.1) is 0 Å². The van der Waals surface area contributed by atoms with Gasteiger partial charge in [-0.05, 0) is 32.6 Å². The van der Waals surface area contributed by atoms with Crippen LogP contribution in [0, 0.1) is 5.41 Å². The van der Waals surface area contributed by atoms with Crippen LogP contribution in [0.4, 0.5) is 0 Å². The molecule has 0 aromatic carbocycles. The minimum atomic E-state index is -0.993. The molecule has 8 nitrogen and oxygen atoms in total. The van der Waals surface area contributed by atoms with Crippen molar-refractivity contribution in [1.82, 2.24) is 10.6 Å². The third-order valence-corrected chi connectivity index (χ3v) is 5.02. The molecule has 0 unspecified atom stereocenters. The summed E-state index contributed by atoms with van der Waals surface area (Å²) < 4.78 is 11.7. The molecular formula is C17H28N2O6. The summed E-state index contributed by atoms with van der Waals surface area (Å²) in [4.78, 5) is 34.3. The Bertz CT molecular complexity index is 488. The second-order valence-electron chi connectivity index (χ2n) is 7.14. The predicted molar refractivity (Wildman–Crippen MR) is 88.9 cm³/mol. The molecule has 3 rings (SSSR count). The van der Waals surface area contributed by atoms with Crippen LogP contribution in [0.15, 0.2) is 0 Å². The lowest BCUT2D eigenvalue weighted by atomic mass is 9.72. The summed E-state index contributed by atoms with van der Waals surface area (Å²) in [5.41, 5.74) is 0.00354. The van der Waals surface area contributed by atoms with E-state index in [1.165, 1.54) is 6.92 Å². The SMILES string of the molecule is CC(=O)N[C@H](C(=O)NCCC(=O)O)[C@@H](C)OCC12CCC(CC1)OC2. The van der Waals surface area contributed by atoms with Crippen molar-refractivity contribution in [2.45, 2.75) is 64.2 Å². The lowest BCUT2D eigenvalue weighted by Crippen LogP contribution is -2.54. The summed E-state index contributed by atoms with van der Waals surface area (Å²) in [6.45, 7) is 4.25. The van der Waals surface area contributed by atoms with Gasteiger partial charge in [-0.25, -0.2) is 0 Å². The number of hydrogen-bond donors (Lipinski definition) is 3. The molecule has 2 heterocycles. The van der Waals surface area contributed by atoms with E-state index in [2.05, 4.69) is 10.6 Å². The van der Waals surface area contributed by atoms with Gasteiger partial charge in [0.2, 0.25) is 11.8 Å². The van der Waals surface area contributed by atoms with Crippen molar-refractivity contribution < 1.29 is 29.0 Å². The number of hydrogen-bond acceptors (Lipinski definition) is 5. The monoisotopic (exact) mass is 356 g/mol. The first-order chi connectivity index (χ1) is 11.8. The summed E-state index contributed by atoms with van der Waals surface area (Å²) in [6, 6.07) is -0.858. The number of ether oxygens (including phenoxy) is 2. The van der Waals surface area contributed by atoms with Crippen LogP contribution in [-0.2, 0) is 23.9 Å². The van der Waals surface area contributed by atoms with Gasteiger partial charge in [-0.3, -0.25) is 14.4 Å². The molecule has 3 fully saturated rings. The highest BCUT2D eigenvalue weighted by atomic mass is 16.5. The Morgan fingerprint density at radius 3 is 2.52 bits per heavy atom. The lowest BCUT2D eigenvalue weighted by molar-refractivity contribution is -0.154. The Labute approximate surface area is 147 Å². The minimum Gasteiger partial charge on any atom is -0.481 e. The fourth-order valence-electron chi connectivity index (χ4n) is 3.42. The van der Waals surface area contributed by atoms with E-state index in [4.69, 9.17) is 14.6 Å². The predicted octanol–water partition coefficient (Wildman–Crippen LogP) is 0.446. The average molecular weight is 356 g/mol. The van der Waals surface area contributed by atoms with E-state index in [1.54, 1.807) is 6.92 Å². The molecule has 2 atom stereocenters. The molecule has 1 aliphatic carbocycles. The first kappa shape index (κ1) is 19.7. The Kier molecular flexibility index (Phi) is 6.78. The molecule has 2 amide bonds. The van der Waals surface area contributed by atoms with Crippen molar-refractivity contribution in [3.05, 3.63) is 0 Å². The van der Waals surface area contributed by atoms with Crippen LogP contribution in [0.25, 0.3) is 0 Å². The highest BCUT2D eigenvalue weighted by Crippen LogP contribution is 2.43. The van der Waals surface area contributed by atoms with Crippen molar-refractivity contribution >= 4 is 17.8 Å². The summed E-state index contributed by atoms with van der Waals surface area (Å²) in [7, 11) is 0. The number of rotatable bonds is 9. The molecule has 3 aliphatic rings. The van der Waals surface area contributed by atoms with E-state index in [0.29, 0.717) is 19.3 Å². The Balaban J connectivity index is 1.88. The van der Waals surface area contributed by atoms with Gasteiger partial charge in [-0.1, -0.05) is 0 Å². The normalized spacial score (nSPS) is 27.4. The Hall–Kier alpha value is -1.67. The molecule has 2 saturated heterocycles. The van der Waals surface area contributed by atoms with E-state index in [-0.39, 0.29) is 24.3 Å². The van der Waals surface area contributed by atoms with Crippen molar-refractivity contribution in [2.75, 3.05) is 19.8 Å². The van der Waals surface area contributed by atoms with Crippen molar-refractivity contribution in [3.8, 4) is 0 Å². The largest absolute Gasteiger partial charge is 0.481 e. The Morgan fingerprint density at radius 1 is 1.32 bits per heavy atom. The zero-order valence-electron chi connectivity index (χ0n) is 14.9. The molecule has 3 N–H and O–H groups in total. The fourth-order valence-corrected chi connectivity index (χ4v) is 3.42. The first-order valence-electron chi connectivity index (χ1n) is 8.81. The standard InChI is InChI=1S/C17H28N2O6/c1-11(24-9-17-6-3-13(4-7-17)25-10-17)15(19-12(2)20)16(23)18-8-5-14(21)22/h11,13,15H,3-10H2,1-2H3,(H,18,23)(H,19,20)(H,21,22)/t11-,13?,15+,17?/m1/s1. The topological polar surface area (TPSA) is 114 Å². The highest BCUT2D eigenvalue weighted by molar-refractivity contribution is 5.87. The van der Waals surface area contributed by atoms with Gasteiger partial charge >= 0.3 is 5.97 Å². The van der Waals surface area contributed by atoms with Crippen LogP contribution >= 0.6 is 0 Å². The average Bonchev–Trinajstić information content (AvgIpc) is 2.58. The van der Waals surface area contributed by atoms with E-state index in [0.717, 1.165) is 25.7 Å². The van der Waals surface area contributed by atoms with Gasteiger partial charge in [-0.2, -0.15) is 0 Å². The summed E-state index contributed by atoms with van der Waals surface area (Å²) >= 11 is 0. The minimum absolute atomic E-state index is 0.00354. The van der Waals surface area contributed by atoms with Crippen molar-refractivity contribution in [2.24, 2.45) is 5.41 Å². The van der Waals surface area contributed by atoms with Crippen LogP contribution in [-0.4, -0.2) is 60.9 Å². The van der Waals surface area contributed by atoms with Crippen LogP contribution in [0.3, 0.4) is 0 Å². The number of carbonyl (C=O) groups excluding carboxylic acids is 2. The van der Waals surface area contributed by atoms with Gasteiger partial charge in [0.15, 0.2) is 0 Å². The fraction of sp³-hybridized carbons (Fsp3) is 0.824. The Morgan fingerprint density at radius 2 is 2.00 bits per heavy atom. The molecule has 25 heavy (non-hydrogen) atoms. The maximum absolute atomic E-state index is 12.3. The number of carbonyl (C=O) groups is 3. The molecule has 142 valence electrons. The number of aliphatic carboxylic acids is 1. The molecule has 2 bridgehead atoms. The van der Waals surface area contributed by atoms with Gasteiger partial charge in [0.1, 0.15) is 6.04 Å². The van der Waals surface area contributed by atoms with Gasteiger partial charge in [0.25, 0.3) is 0 Å². The summed E-state index contributed by atoms with van der Waals surface area (Å²) in [5, 5.41) is 13.8. The van der Waals surface area contributed by atoms with E-state index in [9.17, 15) is 14.4 Å². The van der Waals surface area contributed by atoms with Crippen LogP contribution in [0.2, 0.25) is 0 Å². The maximum atomic E-state index is 12.3. The third-order valence-electron chi connectivity index (χ3n) is 5.02. The number of nitrogens with one attached hydrogen (secondary N) is 2. The molecule has 0 spiro atoms. The molecule has 2 aliphatic heterocycles. The summed E-state index contributed by atoms with van der Waals surface area (Å²) in [6.07, 6.45) is 3.88. The van der Waals surface area contributed by atoms with Gasteiger partial charge < -0.3 is 25.2 Å².